The van der Waals surface area contributed by atoms with Crippen LogP contribution in [0, 0.1) is 12.7 Å². The van der Waals surface area contributed by atoms with E-state index in [1.165, 1.54) is 13.2 Å². The average Bonchev–Trinajstić information content (AvgIpc) is 2.38. The number of ether oxygens (including phenoxy) is 1. The predicted molar refractivity (Wildman–Crippen MR) is 76.5 cm³/mol. The van der Waals surface area contributed by atoms with Gasteiger partial charge in [-0.1, -0.05) is 17.7 Å². The highest BCUT2D eigenvalue weighted by atomic mass is 35.5. The maximum Gasteiger partial charge on any atom is 0.167 e. The Hall–Kier alpha value is -1.74. The molecule has 0 unspecified atom stereocenters. The minimum Gasteiger partial charge on any atom is -0.494 e. The van der Waals surface area contributed by atoms with E-state index in [0.29, 0.717) is 12.2 Å². The molecule has 2 rings (SSSR count). The lowest BCUT2D eigenvalue weighted by Gasteiger charge is -2.10. The molecule has 0 bridgehead atoms. The molecule has 100 valence electrons. The van der Waals surface area contributed by atoms with Crippen molar-refractivity contribution in [2.24, 2.45) is 0 Å². The van der Waals surface area contributed by atoms with Crippen molar-refractivity contribution in [3.05, 3.63) is 58.4 Å². The van der Waals surface area contributed by atoms with Gasteiger partial charge in [0.15, 0.2) is 11.6 Å². The van der Waals surface area contributed by atoms with Crippen LogP contribution in [0.4, 0.5) is 10.1 Å². The second kappa shape index (κ2) is 5.93. The quantitative estimate of drug-likeness (QED) is 0.895. The molecule has 19 heavy (non-hydrogen) atoms. The van der Waals surface area contributed by atoms with Crippen LogP contribution in [0.3, 0.4) is 0 Å². The summed E-state index contributed by atoms with van der Waals surface area (Å²) in [6.07, 6.45) is 0. The van der Waals surface area contributed by atoms with Crippen molar-refractivity contribution in [1.29, 1.82) is 0 Å². The monoisotopic (exact) mass is 279 g/mol. The molecule has 4 heteroatoms. The normalized spacial score (nSPS) is 10.3. The summed E-state index contributed by atoms with van der Waals surface area (Å²) in [4.78, 5) is 0. The molecular formula is C15H15ClFNO. The first kappa shape index (κ1) is 13.7. The van der Waals surface area contributed by atoms with E-state index < -0.39 is 0 Å². The van der Waals surface area contributed by atoms with E-state index in [9.17, 15) is 4.39 Å². The van der Waals surface area contributed by atoms with Gasteiger partial charge in [-0.25, -0.2) is 4.39 Å². The summed E-state index contributed by atoms with van der Waals surface area (Å²) in [6.45, 7) is 2.62. The molecule has 0 aliphatic carbocycles. The Kier molecular flexibility index (Phi) is 4.27. The summed E-state index contributed by atoms with van der Waals surface area (Å²) in [6, 6.07) is 10.5. The predicted octanol–water partition coefficient (Wildman–Crippen LogP) is 4.41. The molecule has 0 saturated carbocycles. The number of aryl methyl sites for hydroxylation is 1. The lowest BCUT2D eigenvalue weighted by Crippen LogP contribution is -2.02. The molecule has 1 N–H and O–H groups in total. The van der Waals surface area contributed by atoms with Crippen LogP contribution in [-0.2, 0) is 6.54 Å². The Labute approximate surface area is 117 Å². The zero-order valence-electron chi connectivity index (χ0n) is 10.8. The number of hydrogen-bond donors (Lipinski definition) is 1. The number of hydrogen-bond acceptors (Lipinski definition) is 2. The van der Waals surface area contributed by atoms with Gasteiger partial charge in [0.05, 0.1) is 7.11 Å². The van der Waals surface area contributed by atoms with E-state index in [1.807, 2.05) is 25.1 Å². The topological polar surface area (TPSA) is 21.3 Å². The number of nitrogens with one attached hydrogen (secondary N) is 1. The molecule has 0 atom stereocenters. The average molecular weight is 280 g/mol. The molecule has 2 aromatic rings. The van der Waals surface area contributed by atoms with Crippen LogP contribution in [-0.4, -0.2) is 7.11 Å². The van der Waals surface area contributed by atoms with Crippen LogP contribution in [0.25, 0.3) is 0 Å². The second-order valence-corrected chi connectivity index (χ2v) is 4.71. The van der Waals surface area contributed by atoms with Gasteiger partial charge < -0.3 is 10.1 Å². The fourth-order valence-corrected chi connectivity index (χ4v) is 2.06. The van der Waals surface area contributed by atoms with E-state index >= 15 is 0 Å². The maximum absolute atomic E-state index is 13.5. The molecule has 0 aliphatic heterocycles. The van der Waals surface area contributed by atoms with Gasteiger partial charge >= 0.3 is 0 Å². The first-order valence-corrected chi connectivity index (χ1v) is 6.30. The summed E-state index contributed by atoms with van der Waals surface area (Å²) in [5.41, 5.74) is 2.95. The summed E-state index contributed by atoms with van der Waals surface area (Å²) in [5, 5.41) is 3.89. The first-order valence-electron chi connectivity index (χ1n) is 5.92. The van der Waals surface area contributed by atoms with Crippen molar-refractivity contribution in [3.8, 4) is 5.75 Å². The van der Waals surface area contributed by atoms with Crippen molar-refractivity contribution >= 4 is 17.3 Å². The molecule has 0 radical (unpaired) electrons. The van der Waals surface area contributed by atoms with Gasteiger partial charge in [-0.2, -0.15) is 0 Å². The Morgan fingerprint density at radius 3 is 2.63 bits per heavy atom. The molecule has 0 heterocycles. The lowest BCUT2D eigenvalue weighted by atomic mass is 10.1. The van der Waals surface area contributed by atoms with Crippen LogP contribution >= 0.6 is 11.6 Å². The highest BCUT2D eigenvalue weighted by Gasteiger charge is 2.04. The van der Waals surface area contributed by atoms with Gasteiger partial charge in [0, 0.05) is 23.3 Å². The molecule has 0 amide bonds. The number of halogens is 2. The van der Waals surface area contributed by atoms with Crippen LogP contribution in [0.15, 0.2) is 36.4 Å². The third-order valence-electron chi connectivity index (χ3n) is 2.94. The van der Waals surface area contributed by atoms with Crippen LogP contribution < -0.4 is 10.1 Å². The van der Waals surface area contributed by atoms with E-state index in [1.54, 1.807) is 12.1 Å². The van der Waals surface area contributed by atoms with Gasteiger partial charge in [-0.15, -0.1) is 0 Å². The molecule has 0 saturated heterocycles. The molecule has 2 nitrogen and oxygen atoms in total. The largest absolute Gasteiger partial charge is 0.494 e. The Bertz CT molecular complexity index is 586. The van der Waals surface area contributed by atoms with Crippen LogP contribution in [0.2, 0.25) is 5.02 Å². The molecule has 0 aromatic heterocycles. The third-order valence-corrected chi connectivity index (χ3v) is 3.17. The highest BCUT2D eigenvalue weighted by molar-refractivity contribution is 6.30. The van der Waals surface area contributed by atoms with Gasteiger partial charge in [-0.3, -0.25) is 0 Å². The van der Waals surface area contributed by atoms with Gasteiger partial charge in [0.25, 0.3) is 0 Å². The smallest absolute Gasteiger partial charge is 0.167 e. The molecule has 0 aliphatic rings. The van der Waals surface area contributed by atoms with Crippen molar-refractivity contribution < 1.29 is 9.13 Å². The van der Waals surface area contributed by atoms with E-state index in [-0.39, 0.29) is 11.6 Å². The summed E-state index contributed by atoms with van der Waals surface area (Å²) >= 11 is 5.90. The molecular weight excluding hydrogens is 265 g/mol. The third kappa shape index (κ3) is 3.38. The lowest BCUT2D eigenvalue weighted by molar-refractivity contribution is 0.386. The fraction of sp³-hybridized carbons (Fsp3) is 0.200. The van der Waals surface area contributed by atoms with Gasteiger partial charge in [-0.05, 0) is 42.3 Å². The summed E-state index contributed by atoms with van der Waals surface area (Å²) in [5.74, 6) is -0.131. The molecule has 0 fully saturated rings. The molecule has 0 spiro atoms. The van der Waals surface area contributed by atoms with Crippen molar-refractivity contribution in [2.45, 2.75) is 13.5 Å². The number of methoxy groups -OCH3 is 1. The van der Waals surface area contributed by atoms with E-state index in [2.05, 4.69) is 5.32 Å². The van der Waals surface area contributed by atoms with Crippen molar-refractivity contribution in [3.63, 3.8) is 0 Å². The minimum absolute atomic E-state index is 0.244. The zero-order chi connectivity index (χ0) is 13.8. The van der Waals surface area contributed by atoms with Gasteiger partial charge in [0.2, 0.25) is 0 Å². The first-order chi connectivity index (χ1) is 9.10. The summed E-state index contributed by atoms with van der Waals surface area (Å²) < 4.78 is 18.4. The SMILES string of the molecule is COc1ccc(NCc2ccc(Cl)cc2C)cc1F. The minimum atomic E-state index is -0.375. The maximum atomic E-state index is 13.5. The number of rotatable bonds is 4. The Balaban J connectivity index is 2.08. The van der Waals surface area contributed by atoms with E-state index in [0.717, 1.165) is 16.1 Å². The summed E-state index contributed by atoms with van der Waals surface area (Å²) in [7, 11) is 1.45. The van der Waals surface area contributed by atoms with Crippen LogP contribution in [0.5, 0.6) is 5.75 Å². The Morgan fingerprint density at radius 2 is 2.00 bits per heavy atom. The zero-order valence-corrected chi connectivity index (χ0v) is 11.6. The van der Waals surface area contributed by atoms with Gasteiger partial charge in [0.1, 0.15) is 0 Å². The van der Waals surface area contributed by atoms with Crippen LogP contribution in [0.1, 0.15) is 11.1 Å². The van der Waals surface area contributed by atoms with Crippen molar-refractivity contribution in [2.75, 3.05) is 12.4 Å². The standard InChI is InChI=1S/C15H15ClFNO/c1-10-7-12(16)4-3-11(10)9-18-13-5-6-15(19-2)14(17)8-13/h3-8,18H,9H2,1-2H3. The fourth-order valence-electron chi connectivity index (χ4n) is 1.83. The molecule has 2 aromatic carbocycles. The number of anilines is 1. The Morgan fingerprint density at radius 1 is 1.21 bits per heavy atom. The van der Waals surface area contributed by atoms with Crippen molar-refractivity contribution in [1.82, 2.24) is 0 Å². The highest BCUT2D eigenvalue weighted by Crippen LogP contribution is 2.22. The van der Waals surface area contributed by atoms with E-state index in [4.69, 9.17) is 16.3 Å². The number of benzene rings is 2. The second-order valence-electron chi connectivity index (χ2n) is 4.27.